The SMILES string of the molecule is CCN1CCC2CCC(C1)N2C(=O)C(=O)Nc1cncc(C)c1. The van der Waals surface area contributed by atoms with Gasteiger partial charge in [-0.05, 0) is 44.4 Å². The van der Waals surface area contributed by atoms with Crippen molar-refractivity contribution in [2.45, 2.75) is 45.2 Å². The van der Waals surface area contributed by atoms with E-state index in [1.807, 2.05) is 17.9 Å². The molecule has 2 aliphatic rings. The highest BCUT2D eigenvalue weighted by atomic mass is 16.2. The van der Waals surface area contributed by atoms with Gasteiger partial charge in [-0.25, -0.2) is 0 Å². The molecular formula is C17H24N4O2. The summed E-state index contributed by atoms with van der Waals surface area (Å²) >= 11 is 0. The maximum atomic E-state index is 12.7. The number of anilines is 1. The van der Waals surface area contributed by atoms with Crippen molar-refractivity contribution in [3.8, 4) is 0 Å². The van der Waals surface area contributed by atoms with Crippen molar-refractivity contribution in [1.82, 2.24) is 14.8 Å². The molecule has 0 aliphatic carbocycles. The molecule has 6 nitrogen and oxygen atoms in total. The average Bonchev–Trinajstić information content (AvgIpc) is 2.81. The van der Waals surface area contributed by atoms with E-state index in [-0.39, 0.29) is 12.1 Å². The van der Waals surface area contributed by atoms with Crippen molar-refractivity contribution in [1.29, 1.82) is 0 Å². The zero-order valence-corrected chi connectivity index (χ0v) is 13.8. The highest BCUT2D eigenvalue weighted by Crippen LogP contribution is 2.30. The number of fused-ring (bicyclic) bond motifs is 2. The molecule has 1 aromatic rings. The number of aromatic nitrogens is 1. The largest absolute Gasteiger partial charge is 0.327 e. The first kappa shape index (κ1) is 15.9. The highest BCUT2D eigenvalue weighted by Gasteiger charge is 2.41. The topological polar surface area (TPSA) is 65.5 Å². The zero-order valence-electron chi connectivity index (χ0n) is 13.8. The number of hydrogen-bond donors (Lipinski definition) is 1. The van der Waals surface area contributed by atoms with Crippen LogP contribution < -0.4 is 5.32 Å². The minimum Gasteiger partial charge on any atom is -0.327 e. The molecule has 0 saturated carbocycles. The summed E-state index contributed by atoms with van der Waals surface area (Å²) in [5, 5.41) is 2.69. The molecule has 1 aromatic heterocycles. The molecule has 2 fully saturated rings. The van der Waals surface area contributed by atoms with Gasteiger partial charge < -0.3 is 15.1 Å². The van der Waals surface area contributed by atoms with Gasteiger partial charge in [0.15, 0.2) is 0 Å². The van der Waals surface area contributed by atoms with E-state index in [1.165, 1.54) is 0 Å². The number of amides is 2. The quantitative estimate of drug-likeness (QED) is 0.838. The Morgan fingerprint density at radius 3 is 2.78 bits per heavy atom. The molecule has 124 valence electrons. The lowest BCUT2D eigenvalue weighted by Gasteiger charge is -2.28. The Hall–Kier alpha value is -1.95. The van der Waals surface area contributed by atoms with Gasteiger partial charge in [0.25, 0.3) is 0 Å². The van der Waals surface area contributed by atoms with Crippen LogP contribution in [-0.2, 0) is 9.59 Å². The molecule has 1 N–H and O–H groups in total. The van der Waals surface area contributed by atoms with Crippen molar-refractivity contribution in [2.24, 2.45) is 0 Å². The minimum atomic E-state index is -0.556. The summed E-state index contributed by atoms with van der Waals surface area (Å²) in [6.45, 7) is 6.91. The van der Waals surface area contributed by atoms with Crippen LogP contribution in [0.5, 0.6) is 0 Å². The summed E-state index contributed by atoms with van der Waals surface area (Å²) in [5.74, 6) is -0.962. The molecular weight excluding hydrogens is 292 g/mol. The molecule has 2 unspecified atom stereocenters. The summed E-state index contributed by atoms with van der Waals surface area (Å²) in [6.07, 6.45) is 6.23. The summed E-state index contributed by atoms with van der Waals surface area (Å²) in [6, 6.07) is 2.18. The molecule has 2 saturated heterocycles. The average molecular weight is 316 g/mol. The fourth-order valence-corrected chi connectivity index (χ4v) is 3.69. The van der Waals surface area contributed by atoms with E-state index in [2.05, 4.69) is 22.1 Å². The Kier molecular flexibility index (Phi) is 4.61. The van der Waals surface area contributed by atoms with E-state index in [1.54, 1.807) is 12.4 Å². The Bertz CT molecular complexity index is 604. The van der Waals surface area contributed by atoms with Gasteiger partial charge in [0.05, 0.1) is 11.9 Å². The van der Waals surface area contributed by atoms with Crippen LogP contribution in [-0.4, -0.2) is 58.3 Å². The number of likely N-dealkylation sites (tertiary alicyclic amines) is 1. The number of nitrogens with one attached hydrogen (secondary N) is 1. The monoisotopic (exact) mass is 316 g/mol. The zero-order chi connectivity index (χ0) is 16.4. The maximum Gasteiger partial charge on any atom is 0.313 e. The van der Waals surface area contributed by atoms with Crippen LogP contribution in [0.2, 0.25) is 0 Å². The lowest BCUT2D eigenvalue weighted by atomic mass is 10.1. The molecule has 2 atom stereocenters. The second kappa shape index (κ2) is 6.66. The molecule has 0 aromatic carbocycles. The van der Waals surface area contributed by atoms with E-state index in [0.29, 0.717) is 5.69 Å². The predicted octanol–water partition coefficient (Wildman–Crippen LogP) is 1.41. The van der Waals surface area contributed by atoms with E-state index >= 15 is 0 Å². The van der Waals surface area contributed by atoms with Crippen LogP contribution in [0, 0.1) is 6.92 Å². The van der Waals surface area contributed by atoms with Crippen LogP contribution in [0.3, 0.4) is 0 Å². The van der Waals surface area contributed by atoms with Gasteiger partial charge >= 0.3 is 11.8 Å². The number of carbonyl (C=O) groups excluding carboxylic acids is 2. The lowest BCUT2D eigenvalue weighted by molar-refractivity contribution is -0.145. The fourth-order valence-electron chi connectivity index (χ4n) is 3.69. The summed E-state index contributed by atoms with van der Waals surface area (Å²) < 4.78 is 0. The van der Waals surface area contributed by atoms with Crippen molar-refractivity contribution in [2.75, 3.05) is 25.0 Å². The molecule has 2 aliphatic heterocycles. The standard InChI is InChI=1S/C17H24N4O2/c1-3-20-7-6-14-4-5-15(11-20)21(14)17(23)16(22)19-13-8-12(2)9-18-10-13/h8-10,14-15H,3-7,11H2,1-2H3,(H,19,22). The van der Waals surface area contributed by atoms with Crippen LogP contribution >= 0.6 is 0 Å². The number of nitrogens with zero attached hydrogens (tertiary/aromatic N) is 3. The number of hydrogen-bond acceptors (Lipinski definition) is 4. The van der Waals surface area contributed by atoms with E-state index in [0.717, 1.165) is 44.5 Å². The normalized spacial score (nSPS) is 24.3. The Balaban J connectivity index is 1.70. The van der Waals surface area contributed by atoms with Crippen LogP contribution in [0.4, 0.5) is 5.69 Å². The van der Waals surface area contributed by atoms with Gasteiger partial charge in [-0.3, -0.25) is 14.6 Å². The van der Waals surface area contributed by atoms with Crippen molar-refractivity contribution >= 4 is 17.5 Å². The molecule has 0 spiro atoms. The smallest absolute Gasteiger partial charge is 0.313 e. The third-order valence-corrected chi connectivity index (χ3v) is 4.88. The first-order chi connectivity index (χ1) is 11.1. The molecule has 2 bridgehead atoms. The van der Waals surface area contributed by atoms with Crippen molar-refractivity contribution in [3.05, 3.63) is 24.0 Å². The van der Waals surface area contributed by atoms with Crippen LogP contribution in [0.1, 0.15) is 31.7 Å². The van der Waals surface area contributed by atoms with Crippen molar-refractivity contribution < 1.29 is 9.59 Å². The summed E-state index contributed by atoms with van der Waals surface area (Å²) in [5.41, 5.74) is 1.52. The third-order valence-electron chi connectivity index (χ3n) is 4.88. The van der Waals surface area contributed by atoms with Crippen LogP contribution in [0.25, 0.3) is 0 Å². The molecule has 0 radical (unpaired) electrons. The Labute approximate surface area is 136 Å². The second-order valence-electron chi connectivity index (χ2n) is 6.48. The van der Waals surface area contributed by atoms with Gasteiger partial charge in [-0.2, -0.15) is 0 Å². The van der Waals surface area contributed by atoms with E-state index in [4.69, 9.17) is 0 Å². The molecule has 2 amide bonds. The third kappa shape index (κ3) is 3.37. The predicted molar refractivity (Wildman–Crippen MR) is 88.0 cm³/mol. The Morgan fingerprint density at radius 1 is 1.26 bits per heavy atom. The number of rotatable bonds is 2. The summed E-state index contributed by atoms with van der Waals surface area (Å²) in [4.78, 5) is 33.3. The summed E-state index contributed by atoms with van der Waals surface area (Å²) in [7, 11) is 0. The molecule has 3 rings (SSSR count). The number of aryl methyl sites for hydroxylation is 1. The minimum absolute atomic E-state index is 0.163. The first-order valence-electron chi connectivity index (χ1n) is 8.36. The number of pyridine rings is 1. The van der Waals surface area contributed by atoms with Gasteiger partial charge in [-0.15, -0.1) is 0 Å². The lowest BCUT2D eigenvalue weighted by Crippen LogP contribution is -2.47. The van der Waals surface area contributed by atoms with Crippen LogP contribution in [0.15, 0.2) is 18.5 Å². The first-order valence-corrected chi connectivity index (χ1v) is 8.36. The number of likely N-dealkylation sites (N-methyl/N-ethyl adjacent to an activating group) is 1. The van der Waals surface area contributed by atoms with Gasteiger partial charge in [0, 0.05) is 31.4 Å². The van der Waals surface area contributed by atoms with Gasteiger partial charge in [-0.1, -0.05) is 6.92 Å². The van der Waals surface area contributed by atoms with E-state index in [9.17, 15) is 9.59 Å². The molecule has 3 heterocycles. The number of carbonyl (C=O) groups is 2. The molecule has 23 heavy (non-hydrogen) atoms. The second-order valence-corrected chi connectivity index (χ2v) is 6.48. The van der Waals surface area contributed by atoms with Gasteiger partial charge in [0.2, 0.25) is 0 Å². The van der Waals surface area contributed by atoms with Crippen molar-refractivity contribution in [3.63, 3.8) is 0 Å². The maximum absolute atomic E-state index is 12.7. The fraction of sp³-hybridized carbons (Fsp3) is 0.588. The Morgan fingerprint density at radius 2 is 2.04 bits per heavy atom. The van der Waals surface area contributed by atoms with E-state index < -0.39 is 11.8 Å². The molecule has 6 heteroatoms. The highest BCUT2D eigenvalue weighted by molar-refractivity contribution is 6.39. The van der Waals surface area contributed by atoms with Gasteiger partial charge in [0.1, 0.15) is 0 Å².